The summed E-state index contributed by atoms with van der Waals surface area (Å²) < 4.78 is 27.2. The van der Waals surface area contributed by atoms with Crippen molar-refractivity contribution in [2.75, 3.05) is 5.32 Å². The van der Waals surface area contributed by atoms with Gasteiger partial charge in [-0.15, -0.1) is 0 Å². The number of hydrogen-bond acceptors (Lipinski definition) is 7. The topological polar surface area (TPSA) is 96.9 Å². The van der Waals surface area contributed by atoms with Crippen LogP contribution in [0.1, 0.15) is 18.5 Å². The maximum Gasteiger partial charge on any atom is 0.240 e. The Hall–Kier alpha value is -2.36. The summed E-state index contributed by atoms with van der Waals surface area (Å²) >= 11 is 1.49. The lowest BCUT2D eigenvalue weighted by atomic mass is 10.2. The zero-order valence-electron chi connectivity index (χ0n) is 14.0. The average molecular weight is 387 g/mol. The van der Waals surface area contributed by atoms with Gasteiger partial charge in [-0.3, -0.25) is 4.98 Å². The van der Waals surface area contributed by atoms with Gasteiger partial charge in [0.2, 0.25) is 10.0 Å². The van der Waals surface area contributed by atoms with Crippen LogP contribution >= 0.6 is 11.3 Å². The van der Waals surface area contributed by atoms with E-state index >= 15 is 0 Å². The van der Waals surface area contributed by atoms with Crippen molar-refractivity contribution in [2.24, 2.45) is 0 Å². The first-order valence-electron chi connectivity index (χ1n) is 8.14. The minimum Gasteiger partial charge on any atom is -0.315 e. The van der Waals surface area contributed by atoms with Crippen LogP contribution in [0.4, 0.5) is 10.9 Å². The van der Waals surface area contributed by atoms with Gasteiger partial charge in [-0.2, -0.15) is 0 Å². The fraction of sp³-hybridized carbons (Fsp3) is 0.235. The van der Waals surface area contributed by atoms with E-state index in [2.05, 4.69) is 25.0 Å². The molecule has 1 saturated carbocycles. The Morgan fingerprint density at radius 3 is 2.58 bits per heavy atom. The van der Waals surface area contributed by atoms with Gasteiger partial charge < -0.3 is 5.32 Å². The predicted molar refractivity (Wildman–Crippen MR) is 101 cm³/mol. The van der Waals surface area contributed by atoms with Crippen molar-refractivity contribution in [1.29, 1.82) is 0 Å². The molecule has 9 heteroatoms. The van der Waals surface area contributed by atoms with Gasteiger partial charge in [0.1, 0.15) is 0 Å². The molecule has 3 aromatic rings. The number of rotatable bonds is 6. The number of benzene rings is 1. The zero-order valence-corrected chi connectivity index (χ0v) is 15.6. The molecule has 0 amide bonds. The number of sulfonamides is 1. The van der Waals surface area contributed by atoms with Crippen molar-refractivity contribution in [2.45, 2.75) is 30.7 Å². The summed E-state index contributed by atoms with van der Waals surface area (Å²) in [4.78, 5) is 14.0. The standard InChI is InChI=1S/C17H17N5O2S2/c1-11-16(25-17(20-11)21-15-10-18-8-9-19-15)12-2-6-14(7-3-12)26(23,24)22-13-4-5-13/h2-3,6-10,13,22H,4-5H2,1H3,(H,19,20,21). The Balaban J connectivity index is 1.56. The summed E-state index contributed by atoms with van der Waals surface area (Å²) in [6, 6.07) is 6.99. The molecule has 0 saturated heterocycles. The fourth-order valence-corrected chi connectivity index (χ4v) is 4.75. The summed E-state index contributed by atoms with van der Waals surface area (Å²) in [7, 11) is -3.43. The molecule has 1 aliphatic rings. The Morgan fingerprint density at radius 1 is 1.15 bits per heavy atom. The third-order valence-electron chi connectivity index (χ3n) is 3.92. The van der Waals surface area contributed by atoms with E-state index in [1.54, 1.807) is 30.7 Å². The molecule has 1 aliphatic carbocycles. The van der Waals surface area contributed by atoms with Crippen molar-refractivity contribution in [3.8, 4) is 10.4 Å². The van der Waals surface area contributed by atoms with E-state index in [-0.39, 0.29) is 10.9 Å². The maximum absolute atomic E-state index is 12.3. The van der Waals surface area contributed by atoms with Gasteiger partial charge >= 0.3 is 0 Å². The molecule has 1 aromatic carbocycles. The van der Waals surface area contributed by atoms with Crippen LogP contribution in [0, 0.1) is 6.92 Å². The van der Waals surface area contributed by atoms with Crippen molar-refractivity contribution in [1.82, 2.24) is 19.7 Å². The lowest BCUT2D eigenvalue weighted by Gasteiger charge is -2.06. The van der Waals surface area contributed by atoms with Gasteiger partial charge in [-0.25, -0.2) is 23.1 Å². The maximum atomic E-state index is 12.3. The second-order valence-electron chi connectivity index (χ2n) is 6.07. The molecular formula is C17H17N5O2S2. The van der Waals surface area contributed by atoms with E-state index in [9.17, 15) is 8.42 Å². The Kier molecular flexibility index (Phi) is 4.43. The number of nitrogens with one attached hydrogen (secondary N) is 2. The Labute approximate surface area is 155 Å². The number of aromatic nitrogens is 3. The van der Waals surface area contributed by atoms with E-state index in [4.69, 9.17) is 0 Å². The van der Waals surface area contributed by atoms with Crippen LogP contribution < -0.4 is 10.0 Å². The largest absolute Gasteiger partial charge is 0.315 e. The molecule has 0 radical (unpaired) electrons. The Morgan fingerprint density at radius 2 is 1.92 bits per heavy atom. The molecule has 1 fully saturated rings. The average Bonchev–Trinajstić information content (AvgIpc) is 3.36. The van der Waals surface area contributed by atoms with Crippen LogP contribution in [0.25, 0.3) is 10.4 Å². The molecule has 134 valence electrons. The summed E-state index contributed by atoms with van der Waals surface area (Å²) in [6.45, 7) is 1.92. The minimum atomic E-state index is -3.43. The highest BCUT2D eigenvalue weighted by Gasteiger charge is 2.27. The molecule has 26 heavy (non-hydrogen) atoms. The number of thiazole rings is 1. The second kappa shape index (κ2) is 6.75. The van der Waals surface area contributed by atoms with Gasteiger partial charge in [0.15, 0.2) is 10.9 Å². The van der Waals surface area contributed by atoms with Gasteiger partial charge in [0, 0.05) is 18.4 Å². The van der Waals surface area contributed by atoms with Crippen molar-refractivity contribution >= 4 is 32.3 Å². The summed E-state index contributed by atoms with van der Waals surface area (Å²) in [5.74, 6) is 0.625. The van der Waals surface area contributed by atoms with Gasteiger partial charge in [0.05, 0.1) is 21.7 Å². The SMILES string of the molecule is Cc1nc(Nc2cnccn2)sc1-c1ccc(S(=O)(=O)NC2CC2)cc1. The van der Waals surface area contributed by atoms with Crippen LogP contribution in [0.15, 0.2) is 47.8 Å². The molecule has 2 aromatic heterocycles. The van der Waals surface area contributed by atoms with Gasteiger partial charge in [-0.1, -0.05) is 23.5 Å². The number of anilines is 2. The first-order valence-corrected chi connectivity index (χ1v) is 10.4. The monoisotopic (exact) mass is 387 g/mol. The van der Waals surface area contributed by atoms with Gasteiger partial charge in [-0.05, 0) is 37.5 Å². The highest BCUT2D eigenvalue weighted by Crippen LogP contribution is 2.34. The molecule has 7 nitrogen and oxygen atoms in total. The molecule has 0 bridgehead atoms. The third kappa shape index (κ3) is 3.74. The fourth-order valence-electron chi connectivity index (χ4n) is 2.47. The molecule has 0 aliphatic heterocycles. The van der Waals surface area contributed by atoms with E-state index in [1.165, 1.54) is 11.3 Å². The number of nitrogens with zero attached hydrogens (tertiary/aromatic N) is 3. The van der Waals surface area contributed by atoms with E-state index < -0.39 is 10.0 Å². The molecule has 0 atom stereocenters. The molecule has 0 spiro atoms. The predicted octanol–water partition coefficient (Wildman–Crippen LogP) is 3.09. The van der Waals surface area contributed by atoms with E-state index in [1.807, 2.05) is 19.1 Å². The normalized spacial score (nSPS) is 14.3. The summed E-state index contributed by atoms with van der Waals surface area (Å²) in [6.07, 6.45) is 6.68. The molecule has 2 heterocycles. The first kappa shape index (κ1) is 17.1. The zero-order chi connectivity index (χ0) is 18.1. The highest BCUT2D eigenvalue weighted by atomic mass is 32.2. The molecule has 4 rings (SSSR count). The molecule has 2 N–H and O–H groups in total. The summed E-state index contributed by atoms with van der Waals surface area (Å²) in [5.41, 5.74) is 1.80. The van der Waals surface area contributed by atoms with Crippen LogP contribution in [-0.4, -0.2) is 29.4 Å². The number of hydrogen-bond donors (Lipinski definition) is 2. The van der Waals surface area contributed by atoms with E-state index in [0.29, 0.717) is 10.9 Å². The van der Waals surface area contributed by atoms with Crippen LogP contribution in [0.2, 0.25) is 0 Å². The van der Waals surface area contributed by atoms with Crippen molar-refractivity contribution < 1.29 is 8.42 Å². The smallest absolute Gasteiger partial charge is 0.240 e. The minimum absolute atomic E-state index is 0.0955. The van der Waals surface area contributed by atoms with Crippen LogP contribution in [-0.2, 0) is 10.0 Å². The quantitative estimate of drug-likeness (QED) is 0.675. The number of aryl methyl sites for hydroxylation is 1. The van der Waals surface area contributed by atoms with Crippen LogP contribution in [0.3, 0.4) is 0 Å². The third-order valence-corrected chi connectivity index (χ3v) is 6.58. The lowest BCUT2D eigenvalue weighted by Crippen LogP contribution is -2.25. The Bertz CT molecular complexity index is 1010. The molecular weight excluding hydrogens is 370 g/mol. The van der Waals surface area contributed by atoms with E-state index in [0.717, 1.165) is 29.0 Å². The summed E-state index contributed by atoms with van der Waals surface area (Å²) in [5, 5.41) is 3.84. The molecule has 0 unspecified atom stereocenters. The van der Waals surface area contributed by atoms with Crippen molar-refractivity contribution in [3.05, 3.63) is 48.5 Å². The second-order valence-corrected chi connectivity index (χ2v) is 8.78. The van der Waals surface area contributed by atoms with Crippen molar-refractivity contribution in [3.63, 3.8) is 0 Å². The van der Waals surface area contributed by atoms with Gasteiger partial charge in [0.25, 0.3) is 0 Å². The van der Waals surface area contributed by atoms with Crippen LogP contribution in [0.5, 0.6) is 0 Å². The first-order chi connectivity index (χ1) is 12.5. The lowest BCUT2D eigenvalue weighted by molar-refractivity contribution is 0.581. The highest BCUT2D eigenvalue weighted by molar-refractivity contribution is 7.89.